The smallest absolute Gasteiger partial charge is 0.366 e. The standard InChI is InChI=1S/C19H27F3N6/c1-12-13(2)17-24-25-18(19(20,21)22)28(17)26-16(12)23-15-7-9-27(10-8-15)11-14-5-3-4-6-14/h14-15H,3-11H2,1-2H3,(H,23,26). The van der Waals surface area contributed by atoms with E-state index in [2.05, 4.69) is 25.5 Å². The van der Waals surface area contributed by atoms with Crippen LogP contribution in [-0.4, -0.2) is 50.4 Å². The van der Waals surface area contributed by atoms with E-state index in [0.717, 1.165) is 41.9 Å². The summed E-state index contributed by atoms with van der Waals surface area (Å²) in [5.74, 6) is 0.248. The van der Waals surface area contributed by atoms with Gasteiger partial charge in [0.2, 0.25) is 0 Å². The van der Waals surface area contributed by atoms with Crippen LogP contribution in [0.15, 0.2) is 0 Å². The van der Waals surface area contributed by atoms with Gasteiger partial charge in [0.1, 0.15) is 0 Å². The number of nitrogens with zero attached hydrogens (tertiary/aromatic N) is 5. The summed E-state index contributed by atoms with van der Waals surface area (Å²) in [6.45, 7) is 6.85. The lowest BCUT2D eigenvalue weighted by atomic mass is 10.0. The Balaban J connectivity index is 1.46. The molecule has 2 aromatic heterocycles. The van der Waals surface area contributed by atoms with E-state index in [9.17, 15) is 13.2 Å². The summed E-state index contributed by atoms with van der Waals surface area (Å²) in [6, 6.07) is 0.216. The normalized spacial score (nSPS) is 20.3. The average molecular weight is 396 g/mol. The van der Waals surface area contributed by atoms with Gasteiger partial charge in [0, 0.05) is 31.2 Å². The lowest BCUT2D eigenvalue weighted by Crippen LogP contribution is -2.41. The number of anilines is 1. The largest absolute Gasteiger partial charge is 0.453 e. The fourth-order valence-electron chi connectivity index (χ4n) is 4.45. The third kappa shape index (κ3) is 3.81. The highest BCUT2D eigenvalue weighted by atomic mass is 19.4. The van der Waals surface area contributed by atoms with E-state index in [0.29, 0.717) is 11.4 Å². The minimum Gasteiger partial charge on any atom is -0.366 e. The zero-order chi connectivity index (χ0) is 19.9. The number of alkyl halides is 3. The van der Waals surface area contributed by atoms with Crippen molar-refractivity contribution in [3.63, 3.8) is 0 Å². The van der Waals surface area contributed by atoms with Gasteiger partial charge in [-0.3, -0.25) is 0 Å². The van der Waals surface area contributed by atoms with Crippen LogP contribution in [0.5, 0.6) is 0 Å². The van der Waals surface area contributed by atoms with Gasteiger partial charge in [-0.15, -0.1) is 15.3 Å². The summed E-state index contributed by atoms with van der Waals surface area (Å²) >= 11 is 0. The van der Waals surface area contributed by atoms with Crippen LogP contribution in [0.2, 0.25) is 0 Å². The molecule has 2 fully saturated rings. The van der Waals surface area contributed by atoms with E-state index < -0.39 is 12.0 Å². The van der Waals surface area contributed by atoms with Gasteiger partial charge in [-0.05, 0) is 51.0 Å². The molecule has 3 heterocycles. The molecule has 6 nitrogen and oxygen atoms in total. The van der Waals surface area contributed by atoms with Crippen molar-refractivity contribution in [1.29, 1.82) is 0 Å². The molecule has 0 amide bonds. The molecular formula is C19H27F3N6. The van der Waals surface area contributed by atoms with Crippen molar-refractivity contribution < 1.29 is 13.2 Å². The van der Waals surface area contributed by atoms with Crippen molar-refractivity contribution in [2.75, 3.05) is 25.0 Å². The highest BCUT2D eigenvalue weighted by Crippen LogP contribution is 2.30. The van der Waals surface area contributed by atoms with Gasteiger partial charge in [-0.2, -0.15) is 17.7 Å². The minimum absolute atomic E-state index is 0.154. The molecule has 154 valence electrons. The Morgan fingerprint density at radius 2 is 1.68 bits per heavy atom. The lowest BCUT2D eigenvalue weighted by molar-refractivity contribution is -0.146. The molecule has 2 aromatic rings. The highest BCUT2D eigenvalue weighted by Gasteiger charge is 2.38. The molecule has 9 heteroatoms. The minimum atomic E-state index is -4.59. The Kier molecular flexibility index (Phi) is 5.20. The van der Waals surface area contributed by atoms with Crippen LogP contribution in [0, 0.1) is 19.8 Å². The van der Waals surface area contributed by atoms with Crippen LogP contribution in [0.3, 0.4) is 0 Å². The fraction of sp³-hybridized carbons (Fsp3) is 0.737. The number of halogens is 3. The van der Waals surface area contributed by atoms with Crippen molar-refractivity contribution in [2.45, 2.75) is 64.6 Å². The summed E-state index contributed by atoms with van der Waals surface area (Å²) in [4.78, 5) is 2.53. The molecular weight excluding hydrogens is 369 g/mol. The van der Waals surface area contributed by atoms with Crippen molar-refractivity contribution in [2.24, 2.45) is 5.92 Å². The van der Waals surface area contributed by atoms with Crippen molar-refractivity contribution in [3.05, 3.63) is 17.0 Å². The van der Waals surface area contributed by atoms with E-state index in [1.54, 1.807) is 6.92 Å². The third-order valence-corrected chi connectivity index (χ3v) is 6.27. The Bertz CT molecular complexity index is 832. The van der Waals surface area contributed by atoms with Gasteiger partial charge < -0.3 is 10.2 Å². The van der Waals surface area contributed by atoms with E-state index >= 15 is 0 Å². The molecule has 1 saturated heterocycles. The van der Waals surface area contributed by atoms with Crippen molar-refractivity contribution >= 4 is 11.5 Å². The summed E-state index contributed by atoms with van der Waals surface area (Å²) in [7, 11) is 0. The molecule has 4 rings (SSSR count). The van der Waals surface area contributed by atoms with Crippen molar-refractivity contribution in [1.82, 2.24) is 24.7 Å². The van der Waals surface area contributed by atoms with Crippen LogP contribution < -0.4 is 5.32 Å². The second kappa shape index (κ2) is 7.50. The topological polar surface area (TPSA) is 58.4 Å². The summed E-state index contributed by atoms with van der Waals surface area (Å²) in [5, 5.41) is 14.6. The Labute approximate surface area is 162 Å². The molecule has 0 unspecified atom stereocenters. The summed E-state index contributed by atoms with van der Waals surface area (Å²) in [6.07, 6.45) is 2.77. The predicted octanol–water partition coefficient (Wildman–Crippen LogP) is 3.83. The molecule has 1 aliphatic carbocycles. The molecule has 2 aliphatic rings. The first-order valence-electron chi connectivity index (χ1n) is 10.1. The predicted molar refractivity (Wildman–Crippen MR) is 100 cm³/mol. The molecule has 1 saturated carbocycles. The molecule has 1 N–H and O–H groups in total. The maximum Gasteiger partial charge on any atom is 0.453 e. The van der Waals surface area contributed by atoms with Crippen LogP contribution in [0.4, 0.5) is 19.0 Å². The second-order valence-corrected chi connectivity index (χ2v) is 8.23. The molecule has 0 atom stereocenters. The molecule has 0 spiro atoms. The first-order chi connectivity index (χ1) is 13.3. The highest BCUT2D eigenvalue weighted by molar-refractivity contribution is 5.58. The van der Waals surface area contributed by atoms with Crippen LogP contribution in [0.25, 0.3) is 5.65 Å². The number of aromatic nitrogens is 4. The molecule has 0 bridgehead atoms. The number of hydrogen-bond acceptors (Lipinski definition) is 5. The van der Waals surface area contributed by atoms with Crippen molar-refractivity contribution in [3.8, 4) is 0 Å². The van der Waals surface area contributed by atoms with Crippen LogP contribution >= 0.6 is 0 Å². The Hall–Kier alpha value is -1.90. The number of aryl methyl sites for hydroxylation is 1. The number of fused-ring (bicyclic) bond motifs is 1. The van der Waals surface area contributed by atoms with Crippen LogP contribution in [0.1, 0.15) is 55.5 Å². The maximum absolute atomic E-state index is 13.2. The summed E-state index contributed by atoms with van der Waals surface area (Å²) in [5.41, 5.74) is 1.64. The van der Waals surface area contributed by atoms with E-state index in [4.69, 9.17) is 0 Å². The van der Waals surface area contributed by atoms with E-state index in [1.165, 1.54) is 32.2 Å². The van der Waals surface area contributed by atoms with Gasteiger partial charge in [-0.25, -0.2) is 0 Å². The zero-order valence-electron chi connectivity index (χ0n) is 16.4. The first kappa shape index (κ1) is 19.4. The van der Waals surface area contributed by atoms with E-state index in [1.807, 2.05) is 6.92 Å². The lowest BCUT2D eigenvalue weighted by Gasteiger charge is -2.34. The average Bonchev–Trinajstić information content (AvgIpc) is 3.30. The van der Waals surface area contributed by atoms with Gasteiger partial charge in [0.05, 0.1) is 0 Å². The molecule has 0 aromatic carbocycles. The zero-order valence-corrected chi connectivity index (χ0v) is 16.4. The fourth-order valence-corrected chi connectivity index (χ4v) is 4.45. The molecule has 0 radical (unpaired) electrons. The number of likely N-dealkylation sites (tertiary alicyclic amines) is 1. The first-order valence-corrected chi connectivity index (χ1v) is 10.1. The van der Waals surface area contributed by atoms with Gasteiger partial charge in [-0.1, -0.05) is 12.8 Å². The Morgan fingerprint density at radius 1 is 1.00 bits per heavy atom. The quantitative estimate of drug-likeness (QED) is 0.851. The SMILES string of the molecule is Cc1c(NC2CCN(CC3CCCC3)CC2)nn2c(C(F)(F)F)nnc2c1C. The third-order valence-electron chi connectivity index (χ3n) is 6.27. The summed E-state index contributed by atoms with van der Waals surface area (Å²) < 4.78 is 40.4. The maximum atomic E-state index is 13.2. The number of piperidine rings is 1. The van der Waals surface area contributed by atoms with Gasteiger partial charge >= 0.3 is 6.18 Å². The number of hydrogen-bond donors (Lipinski definition) is 1. The number of rotatable bonds is 4. The van der Waals surface area contributed by atoms with Gasteiger partial charge in [0.15, 0.2) is 11.5 Å². The van der Waals surface area contributed by atoms with Crippen LogP contribution in [-0.2, 0) is 6.18 Å². The van der Waals surface area contributed by atoms with Gasteiger partial charge in [0.25, 0.3) is 5.82 Å². The second-order valence-electron chi connectivity index (χ2n) is 8.23. The Morgan fingerprint density at radius 3 is 2.32 bits per heavy atom. The monoisotopic (exact) mass is 396 g/mol. The number of nitrogens with one attached hydrogen (secondary N) is 1. The molecule has 28 heavy (non-hydrogen) atoms. The molecule has 1 aliphatic heterocycles. The van der Waals surface area contributed by atoms with E-state index in [-0.39, 0.29) is 11.7 Å².